The Morgan fingerprint density at radius 1 is 0.800 bits per heavy atom. The van der Waals surface area contributed by atoms with Gasteiger partial charge in [0.1, 0.15) is 0 Å². The molecule has 0 spiro atoms. The highest BCUT2D eigenvalue weighted by Gasteiger charge is 2.51. The molecule has 2 aromatic rings. The van der Waals surface area contributed by atoms with Crippen LogP contribution in [0.25, 0.3) is 10.4 Å². The number of benzene rings is 2. The van der Waals surface area contributed by atoms with E-state index in [1.54, 1.807) is 6.26 Å². The van der Waals surface area contributed by atoms with E-state index in [4.69, 9.17) is 4.43 Å². The summed E-state index contributed by atoms with van der Waals surface area (Å²) >= 11 is 0. The van der Waals surface area contributed by atoms with Crippen LogP contribution in [0.1, 0.15) is 118 Å². The first-order valence-corrected chi connectivity index (χ1v) is 17.5. The molecule has 0 amide bonds. The normalized spacial score (nSPS) is 13.1. The Labute approximate surface area is 244 Å². The summed E-state index contributed by atoms with van der Waals surface area (Å²) in [6, 6.07) is 20.7. The smallest absolute Gasteiger partial charge is 0.319 e. The maximum atomic E-state index is 11.0. The molecule has 0 bridgehead atoms. The van der Waals surface area contributed by atoms with E-state index in [1.165, 1.54) is 70.6 Å². The van der Waals surface area contributed by atoms with Gasteiger partial charge in [-0.25, -0.2) is 0 Å². The van der Waals surface area contributed by atoms with E-state index in [1.807, 2.05) is 36.4 Å². The van der Waals surface area contributed by atoms with E-state index < -0.39 is 14.4 Å². The Kier molecular flexibility index (Phi) is 15.8. The topological polar surface area (TPSA) is 78.2 Å². The lowest BCUT2D eigenvalue weighted by molar-refractivity contribution is 0.190. The number of unbranched alkanes of at least 4 members (excludes halogenated alkanes) is 12. The summed E-state index contributed by atoms with van der Waals surface area (Å²) in [6.45, 7) is 8.86. The van der Waals surface area contributed by atoms with Crippen molar-refractivity contribution in [3.63, 3.8) is 0 Å². The van der Waals surface area contributed by atoms with Gasteiger partial charge in [0.15, 0.2) is 0 Å². The first-order valence-electron chi connectivity index (χ1n) is 15.6. The molecule has 0 saturated heterocycles. The summed E-state index contributed by atoms with van der Waals surface area (Å²) in [7, 11) is -2.83. The van der Waals surface area contributed by atoms with Crippen LogP contribution in [0.2, 0.25) is 5.04 Å². The number of aliphatic hydroxyl groups excluding tert-OH is 1. The van der Waals surface area contributed by atoms with E-state index >= 15 is 0 Å². The summed E-state index contributed by atoms with van der Waals surface area (Å²) in [6.07, 6.45) is 17.9. The van der Waals surface area contributed by atoms with Gasteiger partial charge in [-0.05, 0) is 27.4 Å². The van der Waals surface area contributed by atoms with E-state index in [-0.39, 0.29) is 10.7 Å². The fourth-order valence-electron chi connectivity index (χ4n) is 5.56. The first kappa shape index (κ1) is 33.7. The molecule has 2 rings (SSSR count). The highest BCUT2D eigenvalue weighted by atomic mass is 28.4. The Morgan fingerprint density at radius 3 is 1.62 bits per heavy atom. The van der Waals surface area contributed by atoms with Gasteiger partial charge >= 0.3 is 8.32 Å². The maximum Gasteiger partial charge on any atom is 0.319 e. The van der Waals surface area contributed by atoms with Crippen LogP contribution in [-0.4, -0.2) is 19.5 Å². The molecule has 5 nitrogen and oxygen atoms in total. The summed E-state index contributed by atoms with van der Waals surface area (Å²) in [5.41, 5.74) is 9.51. The van der Waals surface area contributed by atoms with Gasteiger partial charge in [-0.15, -0.1) is 0 Å². The third-order valence-electron chi connectivity index (χ3n) is 7.86. The average Bonchev–Trinajstić information content (AvgIpc) is 2.95. The molecule has 0 unspecified atom stereocenters. The highest BCUT2D eigenvalue weighted by Crippen LogP contribution is 2.37. The SMILES string of the molecule is CCCCCCCCCCCCCCC[C@@H](O)/C(=C/O[Si](c1ccccc1)(c1ccccc1)C(C)(C)C)N=[N+]=[N-]. The predicted molar refractivity (Wildman–Crippen MR) is 172 cm³/mol. The molecule has 0 fully saturated rings. The number of rotatable bonds is 20. The molecule has 0 saturated carbocycles. The second-order valence-electron chi connectivity index (χ2n) is 12.1. The summed E-state index contributed by atoms with van der Waals surface area (Å²) in [5.74, 6) is 0. The first-order chi connectivity index (χ1) is 19.4. The van der Waals surface area contributed by atoms with Crippen molar-refractivity contribution in [3.05, 3.63) is 83.1 Å². The zero-order valence-corrected chi connectivity index (χ0v) is 26.5. The van der Waals surface area contributed by atoms with Gasteiger partial charge in [0.2, 0.25) is 0 Å². The molecule has 6 heteroatoms. The van der Waals surface area contributed by atoms with Crippen molar-refractivity contribution >= 4 is 18.7 Å². The Balaban J connectivity index is 1.95. The number of nitrogens with zero attached hydrogens (tertiary/aromatic N) is 3. The van der Waals surface area contributed by atoms with Crippen LogP contribution in [0.5, 0.6) is 0 Å². The van der Waals surface area contributed by atoms with E-state index in [0.29, 0.717) is 6.42 Å². The number of hydrogen-bond donors (Lipinski definition) is 1. The average molecular weight is 564 g/mol. The Morgan fingerprint density at radius 2 is 1.23 bits per heavy atom. The van der Waals surface area contributed by atoms with Crippen LogP contribution in [0.3, 0.4) is 0 Å². The highest BCUT2D eigenvalue weighted by molar-refractivity contribution is 6.99. The predicted octanol–water partition coefficient (Wildman–Crippen LogP) is 9.56. The molecular formula is C34H53N3O2Si. The maximum absolute atomic E-state index is 11.0. The minimum Gasteiger partial charge on any atom is -0.539 e. The summed E-state index contributed by atoms with van der Waals surface area (Å²) in [4.78, 5) is 3.01. The van der Waals surface area contributed by atoms with E-state index in [9.17, 15) is 10.6 Å². The minimum atomic E-state index is -2.83. The summed E-state index contributed by atoms with van der Waals surface area (Å²) in [5, 5.41) is 16.9. The van der Waals surface area contributed by atoms with Crippen molar-refractivity contribution in [3.8, 4) is 0 Å². The van der Waals surface area contributed by atoms with Gasteiger partial charge in [0.05, 0.1) is 18.1 Å². The molecule has 0 aliphatic carbocycles. The quantitative estimate of drug-likeness (QED) is 0.0435. The standard InChI is InChI=1S/C34H53N3O2Si/c1-5-6-7-8-9-10-11-12-13-14-15-16-23-28-33(38)32(36-37-35)29-39-40(34(2,3)4,30-24-19-17-20-25-30)31-26-21-18-22-27-31/h17-22,24-27,29,33,38H,5-16,23,28H2,1-4H3/b32-29-/t33-/m1/s1. The van der Waals surface area contributed by atoms with Gasteiger partial charge in [-0.3, -0.25) is 0 Å². The van der Waals surface area contributed by atoms with E-state index in [0.717, 1.165) is 23.2 Å². The van der Waals surface area contributed by atoms with Gasteiger partial charge in [-0.1, -0.05) is 177 Å². The van der Waals surface area contributed by atoms with Crippen molar-refractivity contribution in [2.24, 2.45) is 5.11 Å². The molecule has 0 heterocycles. The van der Waals surface area contributed by atoms with Crippen molar-refractivity contribution in [1.82, 2.24) is 0 Å². The van der Waals surface area contributed by atoms with Crippen LogP contribution in [0.4, 0.5) is 0 Å². The van der Waals surface area contributed by atoms with Gasteiger partial charge in [0.25, 0.3) is 0 Å². The van der Waals surface area contributed by atoms with E-state index in [2.05, 4.69) is 62.0 Å². The van der Waals surface area contributed by atoms with Crippen molar-refractivity contribution in [2.45, 2.75) is 129 Å². The Bertz CT molecular complexity index is 975. The largest absolute Gasteiger partial charge is 0.539 e. The molecular weight excluding hydrogens is 510 g/mol. The third kappa shape index (κ3) is 10.8. The lowest BCUT2D eigenvalue weighted by Crippen LogP contribution is -2.65. The fourth-order valence-corrected chi connectivity index (χ4v) is 9.88. The monoisotopic (exact) mass is 563 g/mol. The molecule has 40 heavy (non-hydrogen) atoms. The van der Waals surface area contributed by atoms with Crippen LogP contribution in [-0.2, 0) is 4.43 Å². The number of hydrogen-bond acceptors (Lipinski definition) is 3. The van der Waals surface area contributed by atoms with Crippen LogP contribution < -0.4 is 10.4 Å². The summed E-state index contributed by atoms with van der Waals surface area (Å²) < 4.78 is 6.77. The molecule has 0 aliphatic rings. The van der Waals surface area contributed by atoms with Gasteiger partial charge in [-0.2, -0.15) is 0 Å². The molecule has 1 atom stereocenters. The molecule has 2 aromatic carbocycles. The second-order valence-corrected chi connectivity index (χ2v) is 16.3. The van der Waals surface area contributed by atoms with Crippen LogP contribution in [0.15, 0.2) is 77.7 Å². The number of aliphatic hydroxyl groups is 1. The molecule has 220 valence electrons. The van der Waals surface area contributed by atoms with Crippen molar-refractivity contribution in [1.29, 1.82) is 0 Å². The lowest BCUT2D eigenvalue weighted by atomic mass is 10.0. The lowest BCUT2D eigenvalue weighted by Gasteiger charge is -2.42. The molecule has 1 N–H and O–H groups in total. The minimum absolute atomic E-state index is 0.215. The van der Waals surface area contributed by atoms with Crippen LogP contribution >= 0.6 is 0 Å². The molecule has 0 radical (unpaired) electrons. The zero-order valence-electron chi connectivity index (χ0n) is 25.5. The fraction of sp³-hybridized carbons (Fsp3) is 0.588. The second kappa shape index (κ2) is 18.7. The third-order valence-corrected chi connectivity index (χ3v) is 12.7. The van der Waals surface area contributed by atoms with Crippen LogP contribution in [0, 0.1) is 0 Å². The van der Waals surface area contributed by atoms with Gasteiger partial charge in [0, 0.05) is 4.91 Å². The van der Waals surface area contributed by atoms with Crippen molar-refractivity contribution < 1.29 is 9.53 Å². The zero-order chi connectivity index (χ0) is 29.1. The van der Waals surface area contributed by atoms with Crippen molar-refractivity contribution in [2.75, 3.05) is 0 Å². The molecule has 0 aromatic heterocycles. The Hall–Kier alpha value is -2.53. The van der Waals surface area contributed by atoms with Gasteiger partial charge < -0.3 is 9.53 Å². The number of azide groups is 1. The molecule has 0 aliphatic heterocycles.